The van der Waals surface area contributed by atoms with Gasteiger partial charge in [-0.3, -0.25) is 4.79 Å². The van der Waals surface area contributed by atoms with Crippen LogP contribution in [0.25, 0.3) is 0 Å². The maximum Gasteiger partial charge on any atom is 0.315 e. The van der Waals surface area contributed by atoms with Gasteiger partial charge in [-0.25, -0.2) is 9.59 Å². The normalized spacial score (nSPS) is 23.5. The number of unbranched alkanes of at least 4 members (excludes halogenated alkanes) is 2. The van der Waals surface area contributed by atoms with Crippen molar-refractivity contribution in [1.29, 1.82) is 0 Å². The van der Waals surface area contributed by atoms with E-state index in [0.29, 0.717) is 31.2 Å². The lowest BCUT2D eigenvalue weighted by atomic mass is 10.0. The fourth-order valence-electron chi connectivity index (χ4n) is 3.37. The highest BCUT2D eigenvalue weighted by atomic mass is 32.2. The van der Waals surface area contributed by atoms with Crippen LogP contribution in [-0.2, 0) is 9.53 Å². The number of fused-ring (bicyclic) bond motifs is 1. The number of esters is 1. The number of hydrogen-bond acceptors (Lipinski definition) is 5. The van der Waals surface area contributed by atoms with Gasteiger partial charge in [0, 0.05) is 30.5 Å². The average molecular weight is 415 g/mol. The van der Waals surface area contributed by atoms with Crippen LogP contribution in [0.3, 0.4) is 0 Å². The highest BCUT2D eigenvalue weighted by molar-refractivity contribution is 8.00. The molecule has 0 radical (unpaired) electrons. The summed E-state index contributed by atoms with van der Waals surface area (Å²) in [5.74, 6) is 0.777. The Morgan fingerprint density at radius 1 is 1.11 bits per heavy atom. The Morgan fingerprint density at radius 2 is 1.79 bits per heavy atom. The Labute approximate surface area is 171 Å². The molecule has 2 aliphatic rings. The molecule has 4 N–H and O–H groups in total. The zero-order valence-corrected chi connectivity index (χ0v) is 18.0. The molecule has 0 aromatic heterocycles. The predicted molar refractivity (Wildman–Crippen MR) is 110 cm³/mol. The number of rotatable bonds is 10. The standard InChI is InChI=1S/C19H34N4O4S/c1-19(2,3)27-15(24)9-5-7-11-21-17(25)20-10-6-4-8-14-16-13(12-28-14)22-18(26)23-16/h13-14,16H,4-12H2,1-3H3,(H2,20,21,25)(H2,22,23,26)/t13-,14?,16-/m0/s1. The third-order valence-electron chi connectivity index (χ3n) is 4.65. The molecule has 0 bridgehead atoms. The molecule has 2 rings (SSSR count). The second-order valence-corrected chi connectivity index (χ2v) is 9.62. The zero-order chi connectivity index (χ0) is 20.6. The molecule has 1 unspecified atom stereocenters. The molecule has 28 heavy (non-hydrogen) atoms. The predicted octanol–water partition coefficient (Wildman–Crippen LogP) is 2.13. The summed E-state index contributed by atoms with van der Waals surface area (Å²) in [6.07, 6.45) is 4.80. The molecule has 2 heterocycles. The van der Waals surface area contributed by atoms with Crippen molar-refractivity contribution in [2.75, 3.05) is 18.8 Å². The summed E-state index contributed by atoms with van der Waals surface area (Å²) in [4.78, 5) is 34.7. The van der Waals surface area contributed by atoms with Crippen molar-refractivity contribution in [3.05, 3.63) is 0 Å². The van der Waals surface area contributed by atoms with Crippen molar-refractivity contribution in [1.82, 2.24) is 21.3 Å². The van der Waals surface area contributed by atoms with Crippen LogP contribution in [0.5, 0.6) is 0 Å². The minimum atomic E-state index is -0.449. The molecule has 3 atom stereocenters. The Morgan fingerprint density at radius 3 is 2.46 bits per heavy atom. The molecular formula is C19H34N4O4S. The third kappa shape index (κ3) is 8.16. The van der Waals surface area contributed by atoms with E-state index in [9.17, 15) is 14.4 Å². The van der Waals surface area contributed by atoms with E-state index >= 15 is 0 Å². The van der Waals surface area contributed by atoms with Gasteiger partial charge in [0.25, 0.3) is 0 Å². The lowest BCUT2D eigenvalue weighted by Crippen LogP contribution is -2.37. The highest BCUT2D eigenvalue weighted by Crippen LogP contribution is 2.32. The van der Waals surface area contributed by atoms with Crippen LogP contribution in [0.2, 0.25) is 0 Å². The lowest BCUT2D eigenvalue weighted by Gasteiger charge is -2.19. The summed E-state index contributed by atoms with van der Waals surface area (Å²) < 4.78 is 5.24. The summed E-state index contributed by atoms with van der Waals surface area (Å²) in [6, 6.07) is 0.292. The van der Waals surface area contributed by atoms with E-state index in [1.165, 1.54) is 0 Å². The van der Waals surface area contributed by atoms with Gasteiger partial charge in [0.1, 0.15) is 5.60 Å². The molecule has 2 saturated heterocycles. The Hall–Kier alpha value is -1.64. The molecule has 9 heteroatoms. The summed E-state index contributed by atoms with van der Waals surface area (Å²) >= 11 is 1.91. The maximum absolute atomic E-state index is 11.8. The Kier molecular flexibility index (Phi) is 8.72. The van der Waals surface area contributed by atoms with Gasteiger partial charge in [0.05, 0.1) is 12.1 Å². The molecule has 160 valence electrons. The number of ether oxygens (including phenoxy) is 1. The van der Waals surface area contributed by atoms with E-state index in [2.05, 4.69) is 21.3 Å². The summed E-state index contributed by atoms with van der Waals surface area (Å²) in [6.45, 7) is 6.74. The van der Waals surface area contributed by atoms with Gasteiger partial charge in [-0.1, -0.05) is 6.42 Å². The SMILES string of the molecule is CC(C)(C)OC(=O)CCCCNC(=O)NCCCCC1SC[C@@H]2NC(=O)N[C@H]12. The molecule has 2 fully saturated rings. The third-order valence-corrected chi connectivity index (χ3v) is 6.16. The quantitative estimate of drug-likeness (QED) is 0.249. The van der Waals surface area contributed by atoms with Gasteiger partial charge in [-0.15, -0.1) is 0 Å². The lowest BCUT2D eigenvalue weighted by molar-refractivity contribution is -0.154. The van der Waals surface area contributed by atoms with Crippen LogP contribution in [0.1, 0.15) is 59.3 Å². The molecule has 0 saturated carbocycles. The second-order valence-electron chi connectivity index (χ2n) is 8.34. The molecule has 8 nitrogen and oxygen atoms in total. The number of nitrogens with one attached hydrogen (secondary N) is 4. The average Bonchev–Trinajstić information content (AvgIpc) is 3.12. The van der Waals surface area contributed by atoms with Gasteiger partial charge in [-0.05, 0) is 46.5 Å². The molecule has 0 spiro atoms. The Bertz CT molecular complexity index is 553. The Balaban J connectivity index is 1.42. The van der Waals surface area contributed by atoms with Crippen LogP contribution < -0.4 is 21.3 Å². The van der Waals surface area contributed by atoms with E-state index in [0.717, 1.165) is 31.4 Å². The number of carbonyl (C=O) groups is 3. The minimum Gasteiger partial charge on any atom is -0.460 e. The molecular weight excluding hydrogens is 380 g/mol. The van der Waals surface area contributed by atoms with Crippen LogP contribution >= 0.6 is 11.8 Å². The molecule has 0 aromatic rings. The van der Waals surface area contributed by atoms with Crippen LogP contribution in [-0.4, -0.2) is 59.8 Å². The first-order valence-electron chi connectivity index (χ1n) is 10.2. The number of carbonyl (C=O) groups excluding carboxylic acids is 3. The van der Waals surface area contributed by atoms with E-state index in [1.807, 2.05) is 32.5 Å². The fraction of sp³-hybridized carbons (Fsp3) is 0.842. The van der Waals surface area contributed by atoms with Crippen molar-refractivity contribution >= 4 is 29.8 Å². The second kappa shape index (κ2) is 10.8. The van der Waals surface area contributed by atoms with Gasteiger partial charge < -0.3 is 26.0 Å². The topological polar surface area (TPSA) is 109 Å². The first-order valence-corrected chi connectivity index (χ1v) is 11.2. The molecule has 2 aliphatic heterocycles. The van der Waals surface area contributed by atoms with Crippen molar-refractivity contribution in [2.24, 2.45) is 0 Å². The molecule has 0 aliphatic carbocycles. The monoisotopic (exact) mass is 414 g/mol. The summed E-state index contributed by atoms with van der Waals surface area (Å²) in [7, 11) is 0. The van der Waals surface area contributed by atoms with Gasteiger partial charge in [0.2, 0.25) is 0 Å². The minimum absolute atomic E-state index is 0.0512. The van der Waals surface area contributed by atoms with Crippen molar-refractivity contribution in [3.8, 4) is 0 Å². The smallest absolute Gasteiger partial charge is 0.315 e. The van der Waals surface area contributed by atoms with Crippen molar-refractivity contribution < 1.29 is 19.1 Å². The number of hydrogen-bond donors (Lipinski definition) is 4. The maximum atomic E-state index is 11.8. The highest BCUT2D eigenvalue weighted by Gasteiger charge is 2.42. The first-order chi connectivity index (χ1) is 13.2. The number of urea groups is 2. The summed E-state index contributed by atoms with van der Waals surface area (Å²) in [5, 5.41) is 12.1. The van der Waals surface area contributed by atoms with Crippen molar-refractivity contribution in [3.63, 3.8) is 0 Å². The molecule has 0 aromatic carbocycles. The van der Waals surface area contributed by atoms with Gasteiger partial charge in [0.15, 0.2) is 0 Å². The van der Waals surface area contributed by atoms with Gasteiger partial charge in [-0.2, -0.15) is 11.8 Å². The van der Waals surface area contributed by atoms with E-state index < -0.39 is 5.60 Å². The van der Waals surface area contributed by atoms with Crippen LogP contribution in [0.15, 0.2) is 0 Å². The van der Waals surface area contributed by atoms with Gasteiger partial charge >= 0.3 is 18.0 Å². The first kappa shape index (κ1) is 22.6. The van der Waals surface area contributed by atoms with E-state index in [-0.39, 0.29) is 30.1 Å². The number of amides is 4. The van der Waals surface area contributed by atoms with E-state index in [4.69, 9.17) is 4.74 Å². The summed E-state index contributed by atoms with van der Waals surface area (Å²) in [5.41, 5.74) is -0.449. The number of thioether (sulfide) groups is 1. The largest absolute Gasteiger partial charge is 0.460 e. The fourth-order valence-corrected chi connectivity index (χ4v) is 4.91. The van der Waals surface area contributed by atoms with Crippen LogP contribution in [0, 0.1) is 0 Å². The van der Waals surface area contributed by atoms with Crippen molar-refractivity contribution in [2.45, 2.75) is 82.2 Å². The zero-order valence-electron chi connectivity index (χ0n) is 17.1. The van der Waals surface area contributed by atoms with E-state index in [1.54, 1.807) is 0 Å². The molecule has 4 amide bonds. The van der Waals surface area contributed by atoms with Crippen LogP contribution in [0.4, 0.5) is 9.59 Å².